The number of aromatic nitrogens is 2. The summed E-state index contributed by atoms with van der Waals surface area (Å²) in [4.78, 5) is 32.8. The molecule has 0 aliphatic carbocycles. The first-order valence-corrected chi connectivity index (χ1v) is 5.83. The minimum absolute atomic E-state index is 0.219. The van der Waals surface area contributed by atoms with Crippen molar-refractivity contribution in [3.63, 3.8) is 0 Å². The fourth-order valence-corrected chi connectivity index (χ4v) is 1.72. The van der Waals surface area contributed by atoms with Gasteiger partial charge in [0.05, 0.1) is 5.69 Å². The van der Waals surface area contributed by atoms with Gasteiger partial charge < -0.3 is 15.5 Å². The zero-order chi connectivity index (χ0) is 15.6. The fourth-order valence-electron chi connectivity index (χ4n) is 1.72. The van der Waals surface area contributed by atoms with Crippen molar-refractivity contribution >= 4 is 23.5 Å². The van der Waals surface area contributed by atoms with Gasteiger partial charge in [-0.3, -0.25) is 4.79 Å². The number of aromatic carboxylic acids is 2. The largest absolute Gasteiger partial charge is 0.478 e. The van der Waals surface area contributed by atoms with E-state index in [1.54, 1.807) is 24.3 Å². The number of carboxylic acids is 2. The molecule has 0 atom stereocenters. The molecule has 0 bridgehead atoms. The molecule has 8 nitrogen and oxygen atoms in total. The average Bonchev–Trinajstić information content (AvgIpc) is 2.84. The summed E-state index contributed by atoms with van der Waals surface area (Å²) in [5.41, 5.74) is 0.108. The summed E-state index contributed by atoms with van der Waals surface area (Å²) in [6.45, 7) is 1.37. The van der Waals surface area contributed by atoms with Crippen molar-refractivity contribution in [2.45, 2.75) is 6.92 Å². The van der Waals surface area contributed by atoms with Gasteiger partial charge in [-0.25, -0.2) is 14.3 Å². The predicted octanol–water partition coefficient (Wildman–Crippen LogP) is 1.23. The standard InChI is InChI=1S/C13H11N3O5/c1-7(17)14-8-2-4-9(5-3-8)16-6-10(12(18)19)11(15-16)13(20)21/h2-6H,1H3,(H,14,17)(H,18,19)(H,20,21). The van der Waals surface area contributed by atoms with Crippen LogP contribution in [0.3, 0.4) is 0 Å². The lowest BCUT2D eigenvalue weighted by atomic mass is 10.2. The molecule has 2 aromatic rings. The number of carboxylic acid groups (broad SMARTS) is 2. The van der Waals surface area contributed by atoms with Crippen LogP contribution in [0.25, 0.3) is 5.69 Å². The summed E-state index contributed by atoms with van der Waals surface area (Å²) in [5, 5.41) is 24.2. The van der Waals surface area contributed by atoms with E-state index in [4.69, 9.17) is 10.2 Å². The highest BCUT2D eigenvalue weighted by Gasteiger charge is 2.21. The molecule has 0 fully saturated rings. The molecule has 0 saturated carbocycles. The number of hydrogen-bond donors (Lipinski definition) is 3. The Kier molecular flexibility index (Phi) is 3.70. The summed E-state index contributed by atoms with van der Waals surface area (Å²) >= 11 is 0. The maximum Gasteiger partial charge on any atom is 0.357 e. The number of benzene rings is 1. The Morgan fingerprint density at radius 1 is 1.10 bits per heavy atom. The van der Waals surface area contributed by atoms with E-state index < -0.39 is 23.2 Å². The molecule has 1 aromatic heterocycles. The second kappa shape index (κ2) is 5.45. The lowest BCUT2D eigenvalue weighted by molar-refractivity contribution is -0.114. The Morgan fingerprint density at radius 3 is 2.14 bits per heavy atom. The number of nitrogens with zero attached hydrogens (tertiary/aromatic N) is 2. The Labute approximate surface area is 118 Å². The van der Waals surface area contributed by atoms with Gasteiger partial charge in [0.25, 0.3) is 0 Å². The van der Waals surface area contributed by atoms with E-state index in [1.807, 2.05) is 0 Å². The van der Waals surface area contributed by atoms with Crippen LogP contribution in [0.2, 0.25) is 0 Å². The van der Waals surface area contributed by atoms with Gasteiger partial charge in [-0.1, -0.05) is 0 Å². The van der Waals surface area contributed by atoms with Crippen molar-refractivity contribution in [3.05, 3.63) is 41.7 Å². The highest BCUT2D eigenvalue weighted by atomic mass is 16.4. The van der Waals surface area contributed by atoms with Gasteiger partial charge >= 0.3 is 11.9 Å². The van der Waals surface area contributed by atoms with Gasteiger partial charge in [0.2, 0.25) is 5.91 Å². The fraction of sp³-hybridized carbons (Fsp3) is 0.0769. The molecule has 0 unspecified atom stereocenters. The molecular formula is C13H11N3O5. The van der Waals surface area contributed by atoms with Crippen molar-refractivity contribution < 1.29 is 24.6 Å². The molecule has 1 aromatic carbocycles. The van der Waals surface area contributed by atoms with Gasteiger partial charge in [-0.15, -0.1) is 0 Å². The molecule has 0 aliphatic rings. The van der Waals surface area contributed by atoms with Crippen LogP contribution in [-0.4, -0.2) is 37.8 Å². The van der Waals surface area contributed by atoms with E-state index in [0.29, 0.717) is 11.4 Å². The summed E-state index contributed by atoms with van der Waals surface area (Å²) in [5.74, 6) is -3.00. The highest BCUT2D eigenvalue weighted by molar-refractivity contribution is 6.00. The SMILES string of the molecule is CC(=O)Nc1ccc(-n2cc(C(=O)O)c(C(=O)O)n2)cc1. The number of carbonyl (C=O) groups is 3. The molecule has 2 rings (SSSR count). The van der Waals surface area contributed by atoms with E-state index in [2.05, 4.69) is 10.4 Å². The molecule has 21 heavy (non-hydrogen) atoms. The summed E-state index contributed by atoms with van der Waals surface area (Å²) in [6, 6.07) is 6.35. The lowest BCUT2D eigenvalue weighted by Crippen LogP contribution is -2.06. The summed E-state index contributed by atoms with van der Waals surface area (Å²) in [7, 11) is 0. The minimum atomic E-state index is -1.42. The number of anilines is 1. The van der Waals surface area contributed by atoms with Crippen molar-refractivity contribution in [2.75, 3.05) is 5.32 Å². The monoisotopic (exact) mass is 289 g/mol. The molecule has 0 radical (unpaired) electrons. The average molecular weight is 289 g/mol. The van der Waals surface area contributed by atoms with Gasteiger partial charge in [0.1, 0.15) is 5.56 Å². The summed E-state index contributed by atoms with van der Waals surface area (Å²) < 4.78 is 1.16. The van der Waals surface area contributed by atoms with Crippen LogP contribution < -0.4 is 5.32 Å². The van der Waals surface area contributed by atoms with Crippen LogP contribution in [0.1, 0.15) is 27.8 Å². The van der Waals surface area contributed by atoms with Crippen LogP contribution in [0.15, 0.2) is 30.5 Å². The minimum Gasteiger partial charge on any atom is -0.478 e. The van der Waals surface area contributed by atoms with Crippen LogP contribution in [0.5, 0.6) is 0 Å². The Bertz CT molecular complexity index is 686. The molecule has 0 spiro atoms. The first-order chi connectivity index (χ1) is 9.88. The molecule has 0 saturated heterocycles. The van der Waals surface area contributed by atoms with Crippen molar-refractivity contribution in [3.8, 4) is 5.69 Å². The van der Waals surface area contributed by atoms with Crippen molar-refractivity contribution in [2.24, 2.45) is 0 Å². The Hall–Kier alpha value is -3.16. The zero-order valence-corrected chi connectivity index (χ0v) is 10.9. The van der Waals surface area contributed by atoms with Crippen LogP contribution in [-0.2, 0) is 4.79 Å². The van der Waals surface area contributed by atoms with E-state index in [-0.39, 0.29) is 5.91 Å². The molecule has 0 aliphatic heterocycles. The molecule has 3 N–H and O–H groups in total. The molecule has 108 valence electrons. The topological polar surface area (TPSA) is 122 Å². The zero-order valence-electron chi connectivity index (χ0n) is 10.9. The smallest absolute Gasteiger partial charge is 0.357 e. The highest BCUT2D eigenvalue weighted by Crippen LogP contribution is 2.16. The number of nitrogens with one attached hydrogen (secondary N) is 1. The number of carbonyl (C=O) groups excluding carboxylic acids is 1. The van der Waals surface area contributed by atoms with Crippen molar-refractivity contribution in [1.82, 2.24) is 9.78 Å². The maximum atomic E-state index is 11.0. The second-order valence-corrected chi connectivity index (χ2v) is 4.17. The molecular weight excluding hydrogens is 278 g/mol. The lowest BCUT2D eigenvalue weighted by Gasteiger charge is -2.04. The number of amides is 1. The number of rotatable bonds is 4. The third-order valence-corrected chi connectivity index (χ3v) is 2.60. The van der Waals surface area contributed by atoms with E-state index >= 15 is 0 Å². The van der Waals surface area contributed by atoms with Crippen LogP contribution in [0, 0.1) is 0 Å². The van der Waals surface area contributed by atoms with Gasteiger partial charge in [0.15, 0.2) is 5.69 Å². The van der Waals surface area contributed by atoms with E-state index in [0.717, 1.165) is 10.9 Å². The van der Waals surface area contributed by atoms with Gasteiger partial charge in [0, 0.05) is 18.8 Å². The first-order valence-electron chi connectivity index (χ1n) is 5.83. The van der Waals surface area contributed by atoms with Crippen LogP contribution >= 0.6 is 0 Å². The quantitative estimate of drug-likeness (QED) is 0.778. The third kappa shape index (κ3) is 3.06. The first kappa shape index (κ1) is 14.3. The van der Waals surface area contributed by atoms with E-state index in [1.165, 1.54) is 6.92 Å². The molecule has 1 amide bonds. The van der Waals surface area contributed by atoms with E-state index in [9.17, 15) is 14.4 Å². The Morgan fingerprint density at radius 2 is 1.71 bits per heavy atom. The second-order valence-electron chi connectivity index (χ2n) is 4.17. The molecule has 1 heterocycles. The van der Waals surface area contributed by atoms with Crippen molar-refractivity contribution in [1.29, 1.82) is 0 Å². The van der Waals surface area contributed by atoms with Crippen LogP contribution in [0.4, 0.5) is 5.69 Å². The molecule has 8 heteroatoms. The maximum absolute atomic E-state index is 11.0. The van der Waals surface area contributed by atoms with Gasteiger partial charge in [-0.05, 0) is 24.3 Å². The summed E-state index contributed by atoms with van der Waals surface area (Å²) in [6.07, 6.45) is 1.12. The third-order valence-electron chi connectivity index (χ3n) is 2.60. The normalized spacial score (nSPS) is 10.1. The predicted molar refractivity (Wildman–Crippen MR) is 71.8 cm³/mol. The number of hydrogen-bond acceptors (Lipinski definition) is 4. The van der Waals surface area contributed by atoms with Gasteiger partial charge in [-0.2, -0.15) is 5.10 Å². The Balaban J connectivity index is 2.38.